The molecule has 2 saturated heterocycles. The predicted octanol–water partition coefficient (Wildman–Crippen LogP) is 2.24. The highest BCUT2D eigenvalue weighted by atomic mass is 16.2. The Hall–Kier alpha value is -1.62. The van der Waals surface area contributed by atoms with Crippen LogP contribution in [0.25, 0.3) is 0 Å². The van der Waals surface area contributed by atoms with Gasteiger partial charge in [-0.25, -0.2) is 4.98 Å². The highest BCUT2D eigenvalue weighted by molar-refractivity contribution is 5.92. The number of carbonyl (C=O) groups is 1. The number of piperazine rings is 1. The predicted molar refractivity (Wildman–Crippen MR) is 92.9 cm³/mol. The summed E-state index contributed by atoms with van der Waals surface area (Å²) in [6.45, 7) is 8.89. The summed E-state index contributed by atoms with van der Waals surface area (Å²) in [5, 5.41) is 0. The van der Waals surface area contributed by atoms with Crippen molar-refractivity contribution < 1.29 is 4.79 Å². The standard InChI is InChI=1S/C18H28N4O/c1-2-20-12-14-22(15-13-20)18(23)16-8-7-9-17(19-16)21-10-5-3-4-6-11-21/h7-9H,2-6,10-15H2,1H3. The van der Waals surface area contributed by atoms with Gasteiger partial charge in [0.25, 0.3) is 5.91 Å². The van der Waals surface area contributed by atoms with Gasteiger partial charge < -0.3 is 14.7 Å². The maximum absolute atomic E-state index is 12.7. The maximum Gasteiger partial charge on any atom is 0.272 e. The van der Waals surface area contributed by atoms with E-state index in [1.165, 1.54) is 25.7 Å². The molecule has 5 nitrogen and oxygen atoms in total. The van der Waals surface area contributed by atoms with Crippen molar-refractivity contribution in [3.8, 4) is 0 Å². The molecule has 5 heteroatoms. The molecule has 0 unspecified atom stereocenters. The van der Waals surface area contributed by atoms with E-state index in [0.29, 0.717) is 5.69 Å². The molecule has 2 aliphatic rings. The van der Waals surface area contributed by atoms with Crippen molar-refractivity contribution in [2.24, 2.45) is 0 Å². The maximum atomic E-state index is 12.7. The minimum Gasteiger partial charge on any atom is -0.357 e. The highest BCUT2D eigenvalue weighted by Gasteiger charge is 2.23. The SMILES string of the molecule is CCN1CCN(C(=O)c2cccc(N3CCCCCC3)n2)CC1. The Bertz CT molecular complexity index is 518. The van der Waals surface area contributed by atoms with E-state index in [1.54, 1.807) is 0 Å². The molecule has 0 aliphatic carbocycles. The largest absolute Gasteiger partial charge is 0.357 e. The van der Waals surface area contributed by atoms with Crippen LogP contribution < -0.4 is 4.90 Å². The molecule has 1 aromatic rings. The van der Waals surface area contributed by atoms with Crippen LogP contribution in [0.2, 0.25) is 0 Å². The van der Waals surface area contributed by atoms with E-state index in [4.69, 9.17) is 0 Å². The molecular formula is C18H28N4O. The lowest BCUT2D eigenvalue weighted by atomic mass is 10.2. The highest BCUT2D eigenvalue weighted by Crippen LogP contribution is 2.18. The molecule has 0 N–H and O–H groups in total. The molecule has 0 atom stereocenters. The van der Waals surface area contributed by atoms with Gasteiger partial charge in [-0.1, -0.05) is 25.8 Å². The number of rotatable bonds is 3. The number of amides is 1. The lowest BCUT2D eigenvalue weighted by molar-refractivity contribution is 0.0637. The average molecular weight is 316 g/mol. The molecule has 0 bridgehead atoms. The van der Waals surface area contributed by atoms with Gasteiger partial charge in [0.2, 0.25) is 0 Å². The Labute approximate surface area is 139 Å². The fraction of sp³-hybridized carbons (Fsp3) is 0.667. The van der Waals surface area contributed by atoms with Crippen LogP contribution in [0.3, 0.4) is 0 Å². The summed E-state index contributed by atoms with van der Waals surface area (Å²) in [4.78, 5) is 24.1. The van der Waals surface area contributed by atoms with Crippen LogP contribution in [-0.2, 0) is 0 Å². The van der Waals surface area contributed by atoms with E-state index in [1.807, 2.05) is 23.1 Å². The van der Waals surface area contributed by atoms with Crippen LogP contribution in [0.4, 0.5) is 5.82 Å². The van der Waals surface area contributed by atoms with Crippen LogP contribution in [0.15, 0.2) is 18.2 Å². The second kappa shape index (κ2) is 7.77. The summed E-state index contributed by atoms with van der Waals surface area (Å²) in [5.41, 5.74) is 0.594. The lowest BCUT2D eigenvalue weighted by Gasteiger charge is -2.34. The quantitative estimate of drug-likeness (QED) is 0.857. The van der Waals surface area contributed by atoms with Crippen molar-refractivity contribution in [3.05, 3.63) is 23.9 Å². The van der Waals surface area contributed by atoms with Gasteiger partial charge in [-0.05, 0) is 31.5 Å². The number of anilines is 1. The monoisotopic (exact) mass is 316 g/mol. The third kappa shape index (κ3) is 4.02. The Kier molecular flexibility index (Phi) is 5.49. The fourth-order valence-electron chi connectivity index (χ4n) is 3.45. The summed E-state index contributed by atoms with van der Waals surface area (Å²) in [6.07, 6.45) is 5.05. The van der Waals surface area contributed by atoms with Crippen LogP contribution >= 0.6 is 0 Å². The first-order valence-corrected chi connectivity index (χ1v) is 9.01. The molecule has 0 radical (unpaired) electrons. The second-order valence-corrected chi connectivity index (χ2v) is 6.51. The molecule has 0 spiro atoms. The average Bonchev–Trinajstić information content (AvgIpc) is 2.91. The number of carbonyl (C=O) groups excluding carboxylic acids is 1. The van der Waals surface area contributed by atoms with Crippen molar-refractivity contribution >= 4 is 11.7 Å². The van der Waals surface area contributed by atoms with Gasteiger partial charge >= 0.3 is 0 Å². The van der Waals surface area contributed by atoms with E-state index in [9.17, 15) is 4.79 Å². The van der Waals surface area contributed by atoms with Gasteiger partial charge in [0.1, 0.15) is 11.5 Å². The second-order valence-electron chi connectivity index (χ2n) is 6.51. The Morgan fingerprint density at radius 1 is 1.00 bits per heavy atom. The van der Waals surface area contributed by atoms with Crippen molar-refractivity contribution in [2.45, 2.75) is 32.6 Å². The molecule has 1 aromatic heterocycles. The van der Waals surface area contributed by atoms with Crippen molar-refractivity contribution in [2.75, 3.05) is 50.7 Å². The van der Waals surface area contributed by atoms with E-state index >= 15 is 0 Å². The van der Waals surface area contributed by atoms with Crippen LogP contribution in [0.5, 0.6) is 0 Å². The molecular weight excluding hydrogens is 288 g/mol. The van der Waals surface area contributed by atoms with Gasteiger partial charge in [0.05, 0.1) is 0 Å². The summed E-state index contributed by atoms with van der Waals surface area (Å²) in [7, 11) is 0. The van der Waals surface area contributed by atoms with Gasteiger partial charge in [-0.2, -0.15) is 0 Å². The molecule has 2 aliphatic heterocycles. The normalized spacial score (nSPS) is 20.4. The van der Waals surface area contributed by atoms with E-state index in [2.05, 4.69) is 21.7 Å². The van der Waals surface area contributed by atoms with Crippen molar-refractivity contribution in [3.63, 3.8) is 0 Å². The first-order chi connectivity index (χ1) is 11.3. The molecule has 0 aromatic carbocycles. The van der Waals surface area contributed by atoms with Gasteiger partial charge in [-0.3, -0.25) is 4.79 Å². The third-order valence-electron chi connectivity index (χ3n) is 4.99. The van der Waals surface area contributed by atoms with E-state index < -0.39 is 0 Å². The minimum absolute atomic E-state index is 0.0809. The van der Waals surface area contributed by atoms with Gasteiger partial charge in [0.15, 0.2) is 0 Å². The minimum atomic E-state index is 0.0809. The Morgan fingerprint density at radius 2 is 1.70 bits per heavy atom. The van der Waals surface area contributed by atoms with Gasteiger partial charge in [0, 0.05) is 39.3 Å². The summed E-state index contributed by atoms with van der Waals surface area (Å²) in [6, 6.07) is 5.87. The topological polar surface area (TPSA) is 39.7 Å². The molecule has 3 rings (SSSR count). The molecule has 1 amide bonds. The first kappa shape index (κ1) is 16.2. The Balaban J connectivity index is 1.68. The zero-order valence-corrected chi connectivity index (χ0v) is 14.2. The number of aromatic nitrogens is 1. The summed E-state index contributed by atoms with van der Waals surface area (Å²) < 4.78 is 0. The number of nitrogens with zero attached hydrogens (tertiary/aromatic N) is 4. The van der Waals surface area contributed by atoms with Crippen LogP contribution in [0.1, 0.15) is 43.1 Å². The fourth-order valence-corrected chi connectivity index (χ4v) is 3.45. The van der Waals surface area contributed by atoms with Crippen molar-refractivity contribution in [1.82, 2.24) is 14.8 Å². The number of hydrogen-bond donors (Lipinski definition) is 0. The number of pyridine rings is 1. The smallest absolute Gasteiger partial charge is 0.272 e. The van der Waals surface area contributed by atoms with Gasteiger partial charge in [-0.15, -0.1) is 0 Å². The van der Waals surface area contributed by atoms with Crippen LogP contribution in [0, 0.1) is 0 Å². The lowest BCUT2D eigenvalue weighted by Crippen LogP contribution is -2.48. The summed E-state index contributed by atoms with van der Waals surface area (Å²) >= 11 is 0. The summed E-state index contributed by atoms with van der Waals surface area (Å²) in [5.74, 6) is 1.04. The molecule has 3 heterocycles. The van der Waals surface area contributed by atoms with E-state index in [-0.39, 0.29) is 5.91 Å². The molecule has 0 saturated carbocycles. The molecule has 2 fully saturated rings. The van der Waals surface area contributed by atoms with E-state index in [0.717, 1.165) is 51.6 Å². The first-order valence-electron chi connectivity index (χ1n) is 9.01. The molecule has 23 heavy (non-hydrogen) atoms. The zero-order chi connectivity index (χ0) is 16.1. The molecule has 126 valence electrons. The number of hydrogen-bond acceptors (Lipinski definition) is 4. The third-order valence-corrected chi connectivity index (χ3v) is 4.99. The van der Waals surface area contributed by atoms with Crippen LogP contribution in [-0.4, -0.2) is 66.5 Å². The Morgan fingerprint density at radius 3 is 2.35 bits per heavy atom. The van der Waals surface area contributed by atoms with Crippen molar-refractivity contribution in [1.29, 1.82) is 0 Å². The zero-order valence-electron chi connectivity index (χ0n) is 14.2. The number of likely N-dealkylation sites (N-methyl/N-ethyl adjacent to an activating group) is 1.